The van der Waals surface area contributed by atoms with Crippen molar-refractivity contribution < 1.29 is 9.53 Å². The summed E-state index contributed by atoms with van der Waals surface area (Å²) in [4.78, 5) is 16.3. The van der Waals surface area contributed by atoms with Crippen molar-refractivity contribution in [1.82, 2.24) is 9.80 Å². The molecule has 1 aromatic rings. The maximum Gasteiger partial charge on any atom is 0.266 e. The first-order chi connectivity index (χ1) is 11.0. The molecule has 0 radical (unpaired) electrons. The molecular weight excluding hydrogens is 292 g/mol. The van der Waals surface area contributed by atoms with Gasteiger partial charge in [0, 0.05) is 32.4 Å². The largest absolute Gasteiger partial charge is 0.495 e. The van der Waals surface area contributed by atoms with Crippen molar-refractivity contribution in [2.24, 2.45) is 0 Å². The lowest BCUT2D eigenvalue weighted by Gasteiger charge is -2.32. The molecule has 0 bridgehead atoms. The summed E-state index contributed by atoms with van der Waals surface area (Å²) in [5.74, 6) is 0.427. The molecule has 0 atom stereocenters. The number of methoxy groups -OCH3 is 1. The van der Waals surface area contributed by atoms with Gasteiger partial charge < -0.3 is 19.9 Å². The third kappa shape index (κ3) is 4.24. The molecule has 0 unspecified atom stereocenters. The Bertz CT molecular complexity index is 640. The quantitative estimate of drug-likeness (QED) is 0.675. The smallest absolute Gasteiger partial charge is 0.266 e. The number of ether oxygens (including phenoxy) is 1. The Labute approximate surface area is 136 Å². The number of carbonyl (C=O) groups excluding carboxylic acids is 1. The number of carbonyl (C=O) groups is 1. The van der Waals surface area contributed by atoms with E-state index in [0.29, 0.717) is 18.8 Å². The minimum absolute atomic E-state index is 0.0955. The summed E-state index contributed by atoms with van der Waals surface area (Å²) in [6.45, 7) is 4.90. The fourth-order valence-electron chi connectivity index (χ4n) is 2.41. The minimum atomic E-state index is -0.236. The molecule has 1 aliphatic heterocycles. The molecular formula is C17H22N4O2. The average Bonchev–Trinajstić information content (AvgIpc) is 2.56. The van der Waals surface area contributed by atoms with Gasteiger partial charge in [0.15, 0.2) is 0 Å². The summed E-state index contributed by atoms with van der Waals surface area (Å²) in [5.41, 5.74) is 1.88. The highest BCUT2D eigenvalue weighted by Crippen LogP contribution is 2.25. The van der Waals surface area contributed by atoms with E-state index < -0.39 is 0 Å². The van der Waals surface area contributed by atoms with Gasteiger partial charge in [-0.15, -0.1) is 0 Å². The molecule has 23 heavy (non-hydrogen) atoms. The van der Waals surface area contributed by atoms with E-state index in [4.69, 9.17) is 4.74 Å². The van der Waals surface area contributed by atoms with Gasteiger partial charge in [0.1, 0.15) is 17.4 Å². The maximum atomic E-state index is 12.4. The van der Waals surface area contributed by atoms with E-state index in [9.17, 15) is 10.1 Å². The van der Waals surface area contributed by atoms with Crippen molar-refractivity contribution in [2.45, 2.75) is 6.92 Å². The van der Waals surface area contributed by atoms with Crippen LogP contribution in [0.2, 0.25) is 0 Å². The van der Waals surface area contributed by atoms with Crippen LogP contribution >= 0.6 is 0 Å². The van der Waals surface area contributed by atoms with Crippen LogP contribution in [0.4, 0.5) is 5.69 Å². The summed E-state index contributed by atoms with van der Waals surface area (Å²) in [6, 6.07) is 7.68. The Morgan fingerprint density at radius 2 is 2.04 bits per heavy atom. The molecule has 6 nitrogen and oxygen atoms in total. The third-order valence-electron chi connectivity index (χ3n) is 3.87. The van der Waals surface area contributed by atoms with Crippen LogP contribution in [0, 0.1) is 18.3 Å². The number of hydrogen-bond acceptors (Lipinski definition) is 5. The Balaban J connectivity index is 2.12. The molecule has 0 aromatic heterocycles. The number of rotatable bonds is 4. The van der Waals surface area contributed by atoms with Crippen molar-refractivity contribution in [2.75, 3.05) is 45.7 Å². The highest BCUT2D eigenvalue weighted by atomic mass is 16.5. The van der Waals surface area contributed by atoms with Crippen molar-refractivity contribution in [1.29, 1.82) is 5.26 Å². The van der Waals surface area contributed by atoms with E-state index in [2.05, 4.69) is 10.2 Å². The molecule has 1 saturated heterocycles. The standard InChI is InChI=1S/C17H22N4O2/c1-13-4-5-16(23-3)15(10-13)19-12-14(11-18)17(22)21-8-6-20(2)7-9-21/h4-5,10,12,19H,6-9H2,1-3H3/b14-12-. The summed E-state index contributed by atoms with van der Waals surface area (Å²) in [5, 5.41) is 12.3. The average molecular weight is 314 g/mol. The van der Waals surface area contributed by atoms with E-state index in [-0.39, 0.29) is 11.5 Å². The normalized spacial score (nSPS) is 15.9. The fraction of sp³-hybridized carbons (Fsp3) is 0.412. The number of likely N-dealkylation sites (N-methyl/N-ethyl adjacent to an activating group) is 1. The number of anilines is 1. The SMILES string of the molecule is COc1ccc(C)cc1N/C=C(/C#N)C(=O)N1CCN(C)CC1. The van der Waals surface area contributed by atoms with Gasteiger partial charge in [-0.25, -0.2) is 0 Å². The van der Waals surface area contributed by atoms with Crippen LogP contribution in [0.1, 0.15) is 5.56 Å². The molecule has 122 valence electrons. The highest BCUT2D eigenvalue weighted by molar-refractivity contribution is 5.97. The first-order valence-electron chi connectivity index (χ1n) is 7.54. The molecule has 1 amide bonds. The zero-order valence-corrected chi connectivity index (χ0v) is 13.8. The summed E-state index contributed by atoms with van der Waals surface area (Å²) in [6.07, 6.45) is 1.46. The monoisotopic (exact) mass is 314 g/mol. The maximum absolute atomic E-state index is 12.4. The molecule has 2 rings (SSSR count). The number of aryl methyl sites for hydroxylation is 1. The van der Waals surface area contributed by atoms with E-state index in [1.54, 1.807) is 12.0 Å². The zero-order chi connectivity index (χ0) is 16.8. The molecule has 0 aliphatic carbocycles. The molecule has 1 aromatic carbocycles. The molecule has 1 aliphatic rings. The lowest BCUT2D eigenvalue weighted by atomic mass is 10.2. The van der Waals surface area contributed by atoms with Gasteiger partial charge in [-0.05, 0) is 31.7 Å². The number of hydrogen-bond donors (Lipinski definition) is 1. The number of amides is 1. The Hall–Kier alpha value is -2.52. The minimum Gasteiger partial charge on any atom is -0.495 e. The lowest BCUT2D eigenvalue weighted by molar-refractivity contribution is -0.128. The first kappa shape index (κ1) is 16.8. The highest BCUT2D eigenvalue weighted by Gasteiger charge is 2.22. The van der Waals surface area contributed by atoms with E-state index in [1.165, 1.54) is 6.20 Å². The lowest BCUT2D eigenvalue weighted by Crippen LogP contribution is -2.47. The van der Waals surface area contributed by atoms with Crippen molar-refractivity contribution in [3.05, 3.63) is 35.5 Å². The second kappa shape index (κ2) is 7.65. The second-order valence-corrected chi connectivity index (χ2v) is 5.61. The molecule has 6 heteroatoms. The fourth-order valence-corrected chi connectivity index (χ4v) is 2.41. The van der Waals surface area contributed by atoms with Crippen LogP contribution in [-0.2, 0) is 4.79 Å². The van der Waals surface area contributed by atoms with Crippen molar-refractivity contribution >= 4 is 11.6 Å². The summed E-state index contributed by atoms with van der Waals surface area (Å²) in [7, 11) is 3.61. The number of nitriles is 1. The van der Waals surface area contributed by atoms with E-state index >= 15 is 0 Å². The van der Waals surface area contributed by atoms with Crippen LogP contribution in [0.5, 0.6) is 5.75 Å². The predicted octanol–water partition coefficient (Wildman–Crippen LogP) is 1.60. The number of benzene rings is 1. The van der Waals surface area contributed by atoms with Gasteiger partial charge in [-0.3, -0.25) is 4.79 Å². The van der Waals surface area contributed by atoms with Gasteiger partial charge >= 0.3 is 0 Å². The Morgan fingerprint density at radius 1 is 1.35 bits per heavy atom. The predicted molar refractivity (Wildman–Crippen MR) is 89.1 cm³/mol. The van der Waals surface area contributed by atoms with Crippen LogP contribution in [0.3, 0.4) is 0 Å². The Morgan fingerprint density at radius 3 is 2.65 bits per heavy atom. The summed E-state index contributed by atoms with van der Waals surface area (Å²) < 4.78 is 5.28. The summed E-state index contributed by atoms with van der Waals surface area (Å²) >= 11 is 0. The Kier molecular flexibility index (Phi) is 5.61. The van der Waals surface area contributed by atoms with Crippen LogP contribution in [0.15, 0.2) is 30.0 Å². The first-order valence-corrected chi connectivity index (χ1v) is 7.54. The second-order valence-electron chi connectivity index (χ2n) is 5.61. The van der Waals surface area contributed by atoms with Crippen LogP contribution in [-0.4, -0.2) is 56.0 Å². The molecule has 1 fully saturated rings. The molecule has 0 saturated carbocycles. The van der Waals surface area contributed by atoms with E-state index in [0.717, 1.165) is 24.3 Å². The van der Waals surface area contributed by atoms with Crippen LogP contribution < -0.4 is 10.1 Å². The molecule has 1 N–H and O–H groups in total. The van der Waals surface area contributed by atoms with E-state index in [1.807, 2.05) is 38.2 Å². The van der Waals surface area contributed by atoms with Crippen LogP contribution in [0.25, 0.3) is 0 Å². The number of piperazine rings is 1. The number of nitrogens with zero attached hydrogens (tertiary/aromatic N) is 3. The topological polar surface area (TPSA) is 68.6 Å². The third-order valence-corrected chi connectivity index (χ3v) is 3.87. The van der Waals surface area contributed by atoms with Gasteiger partial charge in [0.2, 0.25) is 0 Å². The van der Waals surface area contributed by atoms with Gasteiger partial charge in [0.25, 0.3) is 5.91 Å². The van der Waals surface area contributed by atoms with Gasteiger partial charge in [-0.1, -0.05) is 6.07 Å². The van der Waals surface area contributed by atoms with Crippen molar-refractivity contribution in [3.63, 3.8) is 0 Å². The molecule has 0 spiro atoms. The number of nitrogens with one attached hydrogen (secondary N) is 1. The van der Waals surface area contributed by atoms with Gasteiger partial charge in [-0.2, -0.15) is 5.26 Å². The zero-order valence-electron chi connectivity index (χ0n) is 13.8. The van der Waals surface area contributed by atoms with Gasteiger partial charge in [0.05, 0.1) is 12.8 Å². The van der Waals surface area contributed by atoms with Crippen molar-refractivity contribution in [3.8, 4) is 11.8 Å². The molecule has 1 heterocycles.